The topological polar surface area (TPSA) is 60.9 Å². The minimum atomic E-state index is -1.03. The molecular formula is C20H19F2N3O2S. The molecule has 8 heteroatoms. The number of hydrogen-bond acceptors (Lipinski definition) is 5. The third-order valence-electron chi connectivity index (χ3n) is 4.24. The van der Waals surface area contributed by atoms with Crippen molar-refractivity contribution < 1.29 is 18.0 Å². The fourth-order valence-corrected chi connectivity index (χ4v) is 3.68. The molecule has 0 N–H and O–H groups in total. The number of aryl methyl sites for hydroxylation is 1. The number of allylic oxidation sites excluding steroid dienone is 1. The number of nitrogens with zero attached hydrogens (tertiary/aromatic N) is 3. The van der Waals surface area contributed by atoms with Crippen molar-refractivity contribution in [1.82, 2.24) is 14.8 Å². The van der Waals surface area contributed by atoms with Gasteiger partial charge in [0.1, 0.15) is 5.76 Å². The van der Waals surface area contributed by atoms with Gasteiger partial charge in [0.15, 0.2) is 28.4 Å². The molecule has 2 aromatic heterocycles. The average molecular weight is 403 g/mol. The van der Waals surface area contributed by atoms with Gasteiger partial charge in [-0.3, -0.25) is 9.36 Å². The van der Waals surface area contributed by atoms with Crippen molar-refractivity contribution in [3.05, 3.63) is 66.1 Å². The van der Waals surface area contributed by atoms with Crippen LogP contribution in [0.4, 0.5) is 8.78 Å². The van der Waals surface area contributed by atoms with Crippen LogP contribution in [0.15, 0.2) is 52.8 Å². The van der Waals surface area contributed by atoms with Crippen LogP contribution in [-0.4, -0.2) is 26.3 Å². The van der Waals surface area contributed by atoms with Crippen LogP contribution in [0.3, 0.4) is 0 Å². The number of rotatable bonds is 8. The number of aromatic nitrogens is 3. The molecule has 5 nitrogen and oxygen atoms in total. The molecule has 3 aromatic rings. The van der Waals surface area contributed by atoms with E-state index < -0.39 is 17.6 Å². The van der Waals surface area contributed by atoms with Gasteiger partial charge in [-0.1, -0.05) is 24.8 Å². The monoisotopic (exact) mass is 403 g/mol. The maximum atomic E-state index is 13.4. The predicted octanol–water partition coefficient (Wildman–Crippen LogP) is 4.92. The second-order valence-electron chi connectivity index (χ2n) is 6.30. The van der Waals surface area contributed by atoms with Gasteiger partial charge < -0.3 is 4.42 Å². The molecule has 1 atom stereocenters. The third-order valence-corrected chi connectivity index (χ3v) is 5.47. The second-order valence-corrected chi connectivity index (χ2v) is 7.29. The molecule has 0 aliphatic carbocycles. The highest BCUT2D eigenvalue weighted by atomic mass is 32.2. The van der Waals surface area contributed by atoms with Crippen molar-refractivity contribution in [3.8, 4) is 11.4 Å². The van der Waals surface area contributed by atoms with E-state index in [1.807, 2.05) is 17.6 Å². The van der Waals surface area contributed by atoms with Crippen molar-refractivity contribution in [3.63, 3.8) is 0 Å². The van der Waals surface area contributed by atoms with E-state index in [-0.39, 0.29) is 11.3 Å². The first kappa shape index (κ1) is 20.0. The Morgan fingerprint density at radius 3 is 2.75 bits per heavy atom. The molecule has 0 fully saturated rings. The number of benzene rings is 1. The Labute approximate surface area is 165 Å². The molecule has 0 aliphatic rings. The molecule has 146 valence electrons. The van der Waals surface area contributed by atoms with Gasteiger partial charge in [-0.05, 0) is 31.2 Å². The first-order chi connectivity index (χ1) is 13.4. The summed E-state index contributed by atoms with van der Waals surface area (Å²) in [4.78, 5) is 12.5. The number of carbonyl (C=O) groups is 1. The van der Waals surface area contributed by atoms with E-state index in [9.17, 15) is 13.6 Å². The molecule has 0 saturated heterocycles. The van der Waals surface area contributed by atoms with Crippen LogP contribution in [0, 0.1) is 24.5 Å². The van der Waals surface area contributed by atoms with Gasteiger partial charge in [0, 0.05) is 23.8 Å². The summed E-state index contributed by atoms with van der Waals surface area (Å²) < 4.78 is 33.7. The summed E-state index contributed by atoms with van der Waals surface area (Å²) >= 11 is 1.37. The van der Waals surface area contributed by atoms with E-state index in [0.29, 0.717) is 23.3 Å². The van der Waals surface area contributed by atoms with Crippen molar-refractivity contribution >= 4 is 17.5 Å². The minimum Gasteiger partial charge on any atom is -0.469 e. The Balaban J connectivity index is 1.75. The van der Waals surface area contributed by atoms with E-state index >= 15 is 0 Å². The van der Waals surface area contributed by atoms with E-state index in [2.05, 4.69) is 16.8 Å². The number of Topliss-reactive ketones (excluding diaryl/α,β-unsaturated/α-hetero) is 1. The Morgan fingerprint density at radius 2 is 2.11 bits per heavy atom. The van der Waals surface area contributed by atoms with Crippen LogP contribution in [0.5, 0.6) is 0 Å². The number of halogens is 2. The van der Waals surface area contributed by atoms with Crippen LogP contribution in [0.2, 0.25) is 0 Å². The summed E-state index contributed by atoms with van der Waals surface area (Å²) in [6.07, 6.45) is 3.33. The Kier molecular flexibility index (Phi) is 6.08. The zero-order chi connectivity index (χ0) is 20.3. The first-order valence-electron chi connectivity index (χ1n) is 8.63. The number of hydrogen-bond donors (Lipinski definition) is 0. The van der Waals surface area contributed by atoms with Crippen LogP contribution in [-0.2, 0) is 6.54 Å². The molecule has 0 spiro atoms. The predicted molar refractivity (Wildman–Crippen MR) is 103 cm³/mol. The normalized spacial score (nSPS) is 12.1. The van der Waals surface area contributed by atoms with Gasteiger partial charge in [0.25, 0.3) is 0 Å². The molecule has 0 amide bonds. The van der Waals surface area contributed by atoms with Crippen molar-refractivity contribution in [2.24, 2.45) is 5.92 Å². The van der Waals surface area contributed by atoms with Crippen LogP contribution >= 0.6 is 11.8 Å². The van der Waals surface area contributed by atoms with Gasteiger partial charge in [-0.2, -0.15) is 0 Å². The maximum absolute atomic E-state index is 13.4. The Bertz CT molecular complexity index is 1010. The second kappa shape index (κ2) is 8.52. The standard InChI is InChI=1S/C20H19F2N3O2S/c1-4-8-25-19(15-7-9-27-13(15)3)23-24-20(25)28-11-12(2)18(26)14-5-6-16(21)17(22)10-14/h4-7,9-10,12H,1,8,11H2,2-3H3/t12-/m1/s1. The van der Waals surface area contributed by atoms with Crippen LogP contribution in [0.25, 0.3) is 11.4 Å². The Hall–Kier alpha value is -2.74. The minimum absolute atomic E-state index is 0.147. The van der Waals surface area contributed by atoms with Crippen molar-refractivity contribution in [1.29, 1.82) is 0 Å². The van der Waals surface area contributed by atoms with Gasteiger partial charge in [0.2, 0.25) is 0 Å². The molecule has 0 bridgehead atoms. The lowest BCUT2D eigenvalue weighted by Crippen LogP contribution is -2.14. The van der Waals surface area contributed by atoms with E-state index in [1.54, 1.807) is 19.3 Å². The highest BCUT2D eigenvalue weighted by Crippen LogP contribution is 2.28. The fourth-order valence-electron chi connectivity index (χ4n) is 2.71. The summed E-state index contributed by atoms with van der Waals surface area (Å²) in [5.41, 5.74) is 0.987. The molecule has 2 heterocycles. The van der Waals surface area contributed by atoms with Crippen molar-refractivity contribution in [2.45, 2.75) is 25.5 Å². The van der Waals surface area contributed by atoms with Gasteiger partial charge in [0.05, 0.1) is 11.8 Å². The molecule has 1 aromatic carbocycles. The summed E-state index contributed by atoms with van der Waals surface area (Å²) in [5, 5.41) is 9.11. The highest BCUT2D eigenvalue weighted by molar-refractivity contribution is 7.99. The number of furan rings is 1. The SMILES string of the molecule is C=CCn1c(SC[C@@H](C)C(=O)c2ccc(F)c(F)c2)nnc1-c1ccoc1C. The van der Waals surface area contributed by atoms with Gasteiger partial charge >= 0.3 is 0 Å². The lowest BCUT2D eigenvalue weighted by Gasteiger charge is -2.11. The summed E-state index contributed by atoms with van der Waals surface area (Å²) in [7, 11) is 0. The fraction of sp³-hybridized carbons (Fsp3) is 0.250. The highest BCUT2D eigenvalue weighted by Gasteiger charge is 2.21. The lowest BCUT2D eigenvalue weighted by molar-refractivity contribution is 0.0941. The third kappa shape index (κ3) is 4.06. The zero-order valence-electron chi connectivity index (χ0n) is 15.5. The smallest absolute Gasteiger partial charge is 0.191 e. The maximum Gasteiger partial charge on any atom is 0.191 e. The van der Waals surface area contributed by atoms with E-state index in [4.69, 9.17) is 4.42 Å². The van der Waals surface area contributed by atoms with Crippen molar-refractivity contribution in [2.75, 3.05) is 5.75 Å². The summed E-state index contributed by atoms with van der Waals surface area (Å²) in [6, 6.07) is 5.01. The number of carbonyl (C=O) groups excluding carboxylic acids is 1. The molecule has 0 aliphatic heterocycles. The molecule has 0 saturated carbocycles. The molecule has 28 heavy (non-hydrogen) atoms. The van der Waals surface area contributed by atoms with Gasteiger partial charge in [-0.15, -0.1) is 16.8 Å². The molecule has 3 rings (SSSR count). The largest absolute Gasteiger partial charge is 0.469 e. The molecule has 0 radical (unpaired) electrons. The first-order valence-corrected chi connectivity index (χ1v) is 9.61. The molecular weight excluding hydrogens is 384 g/mol. The average Bonchev–Trinajstić information content (AvgIpc) is 3.27. The number of thioether (sulfide) groups is 1. The van der Waals surface area contributed by atoms with E-state index in [1.165, 1.54) is 17.8 Å². The summed E-state index contributed by atoms with van der Waals surface area (Å²) in [5.74, 6) is -0.869. The van der Waals surface area contributed by atoms with Gasteiger partial charge in [-0.25, -0.2) is 8.78 Å². The molecule has 0 unspecified atom stereocenters. The zero-order valence-corrected chi connectivity index (χ0v) is 16.3. The Morgan fingerprint density at radius 1 is 1.32 bits per heavy atom. The lowest BCUT2D eigenvalue weighted by atomic mass is 10.0. The quantitative estimate of drug-likeness (QED) is 0.303. The van der Waals surface area contributed by atoms with E-state index in [0.717, 1.165) is 23.5 Å². The summed E-state index contributed by atoms with van der Waals surface area (Å²) in [6.45, 7) is 7.86. The number of ketones is 1. The van der Waals surface area contributed by atoms with Crippen LogP contribution in [0.1, 0.15) is 23.0 Å². The van der Waals surface area contributed by atoms with Crippen LogP contribution < -0.4 is 0 Å².